The van der Waals surface area contributed by atoms with Crippen molar-refractivity contribution in [3.8, 4) is 17.2 Å². The molecular formula is C22H27NO4S. The van der Waals surface area contributed by atoms with E-state index in [2.05, 4.69) is 5.32 Å². The van der Waals surface area contributed by atoms with E-state index in [1.54, 1.807) is 26.0 Å². The number of fused-ring (bicyclic) bond motifs is 1. The predicted octanol–water partition coefficient (Wildman–Crippen LogP) is 4.88. The molecule has 28 heavy (non-hydrogen) atoms. The zero-order chi connectivity index (χ0) is 20.1. The number of nitrogens with one attached hydrogen (secondary N) is 1. The standard InChI is InChI=1S/C22H27NO4S/c1-22(2)19-14-15(7-8-20(19)23-21(22)24)27-9-5-6-10-28-18-12-16(25-3)11-17(13-18)26-4/h7-8,11-14H,5-6,9-10H2,1-4H3,(H,23,24). The summed E-state index contributed by atoms with van der Waals surface area (Å²) < 4.78 is 16.5. The van der Waals surface area contributed by atoms with Crippen LogP contribution >= 0.6 is 11.8 Å². The third-order valence-electron chi connectivity index (χ3n) is 4.88. The van der Waals surface area contributed by atoms with Crippen molar-refractivity contribution in [3.05, 3.63) is 42.0 Å². The molecule has 1 N–H and O–H groups in total. The van der Waals surface area contributed by atoms with E-state index in [9.17, 15) is 4.79 Å². The molecule has 5 nitrogen and oxygen atoms in total. The number of hydrogen-bond acceptors (Lipinski definition) is 5. The van der Waals surface area contributed by atoms with Crippen LogP contribution < -0.4 is 19.5 Å². The molecule has 1 amide bonds. The number of rotatable bonds is 9. The molecule has 0 aromatic heterocycles. The first kappa shape index (κ1) is 20.4. The number of amides is 1. The van der Waals surface area contributed by atoms with Gasteiger partial charge >= 0.3 is 0 Å². The Morgan fingerprint density at radius 3 is 2.36 bits per heavy atom. The fraction of sp³-hybridized carbons (Fsp3) is 0.409. The molecule has 1 aliphatic rings. The lowest BCUT2D eigenvalue weighted by Crippen LogP contribution is -2.26. The average molecular weight is 402 g/mol. The Balaban J connectivity index is 1.44. The highest BCUT2D eigenvalue weighted by atomic mass is 32.2. The maximum absolute atomic E-state index is 12.0. The first-order valence-corrected chi connectivity index (χ1v) is 10.4. The van der Waals surface area contributed by atoms with Crippen LogP contribution in [0.5, 0.6) is 17.2 Å². The highest BCUT2D eigenvalue weighted by molar-refractivity contribution is 7.99. The van der Waals surface area contributed by atoms with Gasteiger partial charge in [0.05, 0.1) is 26.2 Å². The van der Waals surface area contributed by atoms with Crippen molar-refractivity contribution >= 4 is 23.4 Å². The summed E-state index contributed by atoms with van der Waals surface area (Å²) in [6, 6.07) is 11.7. The highest BCUT2D eigenvalue weighted by Gasteiger charge is 2.38. The SMILES string of the molecule is COc1cc(OC)cc(SCCCCOc2ccc3c(c2)C(C)(C)C(=O)N3)c1. The number of carbonyl (C=O) groups is 1. The summed E-state index contributed by atoms with van der Waals surface area (Å²) in [4.78, 5) is 13.2. The van der Waals surface area contributed by atoms with E-state index in [-0.39, 0.29) is 5.91 Å². The van der Waals surface area contributed by atoms with Gasteiger partial charge in [0.1, 0.15) is 17.2 Å². The van der Waals surface area contributed by atoms with Crippen molar-refractivity contribution in [2.24, 2.45) is 0 Å². The topological polar surface area (TPSA) is 56.8 Å². The number of thioether (sulfide) groups is 1. The molecule has 0 atom stereocenters. The van der Waals surface area contributed by atoms with Crippen molar-refractivity contribution in [2.75, 3.05) is 31.9 Å². The van der Waals surface area contributed by atoms with Crippen molar-refractivity contribution in [1.82, 2.24) is 0 Å². The maximum atomic E-state index is 12.0. The molecule has 0 aliphatic carbocycles. The molecule has 3 rings (SSSR count). The van der Waals surface area contributed by atoms with Gasteiger partial charge in [-0.05, 0) is 68.3 Å². The molecule has 0 spiro atoms. The lowest BCUT2D eigenvalue weighted by atomic mass is 9.86. The second-order valence-corrected chi connectivity index (χ2v) is 8.41. The van der Waals surface area contributed by atoms with Crippen LogP contribution in [-0.2, 0) is 10.2 Å². The highest BCUT2D eigenvalue weighted by Crippen LogP contribution is 2.39. The maximum Gasteiger partial charge on any atom is 0.234 e. The van der Waals surface area contributed by atoms with Crippen LogP contribution in [-0.4, -0.2) is 32.5 Å². The van der Waals surface area contributed by atoms with Crippen LogP contribution in [0.4, 0.5) is 5.69 Å². The number of anilines is 1. The van der Waals surface area contributed by atoms with Gasteiger partial charge < -0.3 is 19.5 Å². The van der Waals surface area contributed by atoms with Crippen LogP contribution in [0, 0.1) is 0 Å². The smallest absolute Gasteiger partial charge is 0.234 e. The fourth-order valence-electron chi connectivity index (χ4n) is 3.09. The molecule has 6 heteroatoms. The number of ether oxygens (including phenoxy) is 3. The van der Waals surface area contributed by atoms with Gasteiger partial charge in [0.25, 0.3) is 0 Å². The Morgan fingerprint density at radius 1 is 0.964 bits per heavy atom. The molecule has 0 saturated carbocycles. The predicted molar refractivity (Wildman–Crippen MR) is 113 cm³/mol. The first-order chi connectivity index (χ1) is 13.4. The summed E-state index contributed by atoms with van der Waals surface area (Å²) in [6.07, 6.45) is 2.01. The van der Waals surface area contributed by atoms with Gasteiger partial charge in [-0.1, -0.05) is 0 Å². The van der Waals surface area contributed by atoms with Gasteiger partial charge in [-0.25, -0.2) is 0 Å². The van der Waals surface area contributed by atoms with Crippen LogP contribution in [0.15, 0.2) is 41.3 Å². The fourth-order valence-corrected chi connectivity index (χ4v) is 4.07. The zero-order valence-electron chi connectivity index (χ0n) is 16.8. The number of carbonyl (C=O) groups excluding carboxylic acids is 1. The largest absolute Gasteiger partial charge is 0.497 e. The minimum atomic E-state index is -0.511. The molecule has 2 aromatic carbocycles. The van der Waals surface area contributed by atoms with Gasteiger partial charge in [-0.2, -0.15) is 0 Å². The molecule has 1 aliphatic heterocycles. The lowest BCUT2D eigenvalue weighted by Gasteiger charge is -2.16. The molecule has 0 unspecified atom stereocenters. The van der Waals surface area contributed by atoms with Gasteiger partial charge in [-0.3, -0.25) is 4.79 Å². The molecule has 1 heterocycles. The van der Waals surface area contributed by atoms with E-state index in [0.29, 0.717) is 6.61 Å². The van der Waals surface area contributed by atoms with Crippen LogP contribution in [0.2, 0.25) is 0 Å². The number of hydrogen-bond donors (Lipinski definition) is 1. The normalized spacial score (nSPS) is 14.4. The third-order valence-corrected chi connectivity index (χ3v) is 5.94. The minimum Gasteiger partial charge on any atom is -0.497 e. The number of methoxy groups -OCH3 is 2. The van der Waals surface area contributed by atoms with Gasteiger partial charge in [0.15, 0.2) is 0 Å². The summed E-state index contributed by atoms with van der Waals surface area (Å²) >= 11 is 1.78. The Bertz CT molecular complexity index is 828. The van der Waals surface area contributed by atoms with Crippen molar-refractivity contribution in [2.45, 2.75) is 37.0 Å². The summed E-state index contributed by atoms with van der Waals surface area (Å²) in [5, 5.41) is 2.92. The monoisotopic (exact) mass is 401 g/mol. The number of benzene rings is 2. The summed E-state index contributed by atoms with van der Waals surface area (Å²) in [5.74, 6) is 3.45. The molecule has 0 fully saturated rings. The van der Waals surface area contributed by atoms with E-state index >= 15 is 0 Å². The van der Waals surface area contributed by atoms with Crippen molar-refractivity contribution in [1.29, 1.82) is 0 Å². The first-order valence-electron chi connectivity index (χ1n) is 9.38. The lowest BCUT2D eigenvalue weighted by molar-refractivity contribution is -0.119. The molecule has 0 bridgehead atoms. The average Bonchev–Trinajstić information content (AvgIpc) is 2.92. The van der Waals surface area contributed by atoms with E-state index in [0.717, 1.165) is 52.0 Å². The summed E-state index contributed by atoms with van der Waals surface area (Å²) in [5.41, 5.74) is 1.37. The molecule has 2 aromatic rings. The zero-order valence-corrected chi connectivity index (χ0v) is 17.7. The van der Waals surface area contributed by atoms with Crippen molar-refractivity contribution < 1.29 is 19.0 Å². The summed E-state index contributed by atoms with van der Waals surface area (Å²) in [6.45, 7) is 4.52. The van der Waals surface area contributed by atoms with E-state index in [4.69, 9.17) is 14.2 Å². The second kappa shape index (κ2) is 8.78. The Labute approximate surface area is 170 Å². The Morgan fingerprint density at radius 2 is 1.68 bits per heavy atom. The molecule has 0 saturated heterocycles. The quantitative estimate of drug-likeness (QED) is 0.479. The Hall–Kier alpha value is -2.34. The molecule has 150 valence electrons. The van der Waals surface area contributed by atoms with Gasteiger partial charge in [-0.15, -0.1) is 11.8 Å². The number of unbranched alkanes of at least 4 members (excludes halogenated alkanes) is 1. The van der Waals surface area contributed by atoms with Crippen LogP contribution in [0.25, 0.3) is 0 Å². The van der Waals surface area contributed by atoms with Gasteiger partial charge in [0.2, 0.25) is 5.91 Å². The van der Waals surface area contributed by atoms with Gasteiger partial charge in [0, 0.05) is 16.6 Å². The Kier molecular flexibility index (Phi) is 6.39. The van der Waals surface area contributed by atoms with E-state index < -0.39 is 5.41 Å². The summed E-state index contributed by atoms with van der Waals surface area (Å²) in [7, 11) is 3.32. The van der Waals surface area contributed by atoms with E-state index in [1.807, 2.05) is 50.2 Å². The second-order valence-electron chi connectivity index (χ2n) is 7.24. The van der Waals surface area contributed by atoms with Crippen molar-refractivity contribution in [3.63, 3.8) is 0 Å². The molecule has 0 radical (unpaired) electrons. The molecular weight excluding hydrogens is 374 g/mol. The minimum absolute atomic E-state index is 0.0332. The third kappa shape index (κ3) is 4.55. The van der Waals surface area contributed by atoms with Crippen LogP contribution in [0.3, 0.4) is 0 Å². The van der Waals surface area contributed by atoms with E-state index in [1.165, 1.54) is 0 Å². The van der Waals surface area contributed by atoms with Crippen LogP contribution in [0.1, 0.15) is 32.3 Å².